The molecule has 0 fully saturated rings. The van der Waals surface area contributed by atoms with Crippen LogP contribution in [0.1, 0.15) is 22.3 Å². The standard InChI is InChI=1S/C25H19N3/c1-4-10-19(11-5-1)24-22-16-17-26-18-23(22)27-25(28-24,20-12-6-2-7-13-20)21-14-8-3-9-15-21/h1-18,27H. The molecule has 5 rings (SSSR count). The molecule has 1 aliphatic rings. The monoisotopic (exact) mass is 361 g/mol. The molecule has 0 amide bonds. The maximum Gasteiger partial charge on any atom is 0.182 e. The molecular formula is C25H19N3. The van der Waals surface area contributed by atoms with Crippen LogP contribution in [0.15, 0.2) is 114 Å². The first kappa shape index (κ1) is 16.5. The highest BCUT2D eigenvalue weighted by Gasteiger charge is 2.38. The van der Waals surface area contributed by atoms with E-state index in [4.69, 9.17) is 4.99 Å². The van der Waals surface area contributed by atoms with E-state index in [-0.39, 0.29) is 0 Å². The fourth-order valence-electron chi connectivity index (χ4n) is 3.77. The van der Waals surface area contributed by atoms with E-state index in [2.05, 4.69) is 71.0 Å². The Labute approximate surface area is 164 Å². The van der Waals surface area contributed by atoms with E-state index in [1.807, 2.05) is 48.8 Å². The number of nitrogens with zero attached hydrogens (tertiary/aromatic N) is 2. The van der Waals surface area contributed by atoms with Gasteiger partial charge in [-0.25, -0.2) is 4.99 Å². The maximum atomic E-state index is 5.34. The number of rotatable bonds is 3. The second-order valence-corrected chi connectivity index (χ2v) is 6.82. The number of aliphatic imine (C=N–C) groups is 1. The molecule has 3 heteroatoms. The highest BCUT2D eigenvalue weighted by atomic mass is 15.2. The van der Waals surface area contributed by atoms with Gasteiger partial charge in [0.25, 0.3) is 0 Å². The zero-order valence-corrected chi connectivity index (χ0v) is 15.3. The summed E-state index contributed by atoms with van der Waals surface area (Å²) in [6.45, 7) is 0. The topological polar surface area (TPSA) is 37.3 Å². The molecule has 0 saturated heterocycles. The molecule has 4 aromatic rings. The minimum absolute atomic E-state index is 0.719. The Hall–Kier alpha value is -3.72. The van der Waals surface area contributed by atoms with Crippen LogP contribution >= 0.6 is 0 Å². The molecule has 1 aliphatic heterocycles. The van der Waals surface area contributed by atoms with E-state index in [1.165, 1.54) is 0 Å². The van der Waals surface area contributed by atoms with Crippen molar-refractivity contribution >= 4 is 11.4 Å². The number of hydrogen-bond acceptors (Lipinski definition) is 3. The number of benzene rings is 3. The van der Waals surface area contributed by atoms with Crippen LogP contribution in [0.2, 0.25) is 0 Å². The molecule has 1 aromatic heterocycles. The first-order valence-electron chi connectivity index (χ1n) is 9.36. The normalized spacial score (nSPS) is 14.5. The highest BCUT2D eigenvalue weighted by Crippen LogP contribution is 2.40. The third-order valence-electron chi connectivity index (χ3n) is 5.10. The molecule has 134 valence electrons. The summed E-state index contributed by atoms with van der Waals surface area (Å²) in [6.07, 6.45) is 3.70. The van der Waals surface area contributed by atoms with E-state index in [0.717, 1.165) is 33.7 Å². The fourth-order valence-corrected chi connectivity index (χ4v) is 3.77. The van der Waals surface area contributed by atoms with E-state index in [1.54, 1.807) is 0 Å². The van der Waals surface area contributed by atoms with Crippen molar-refractivity contribution in [2.75, 3.05) is 5.32 Å². The lowest BCUT2D eigenvalue weighted by Crippen LogP contribution is -2.39. The van der Waals surface area contributed by atoms with Crippen LogP contribution in [0.3, 0.4) is 0 Å². The van der Waals surface area contributed by atoms with Gasteiger partial charge in [-0.2, -0.15) is 0 Å². The molecule has 0 saturated carbocycles. The average molecular weight is 361 g/mol. The second kappa shape index (κ2) is 6.78. The third-order valence-corrected chi connectivity index (χ3v) is 5.10. The summed E-state index contributed by atoms with van der Waals surface area (Å²) >= 11 is 0. The Morgan fingerprint density at radius 1 is 0.643 bits per heavy atom. The van der Waals surface area contributed by atoms with Crippen molar-refractivity contribution in [1.29, 1.82) is 0 Å². The van der Waals surface area contributed by atoms with Gasteiger partial charge in [0.2, 0.25) is 0 Å². The molecule has 0 spiro atoms. The molecule has 0 unspecified atom stereocenters. The van der Waals surface area contributed by atoms with Crippen molar-refractivity contribution in [2.24, 2.45) is 4.99 Å². The lowest BCUT2D eigenvalue weighted by Gasteiger charge is -2.38. The largest absolute Gasteiger partial charge is 0.352 e. The number of hydrogen-bond donors (Lipinski definition) is 1. The lowest BCUT2D eigenvalue weighted by atomic mass is 9.87. The van der Waals surface area contributed by atoms with E-state index in [0.29, 0.717) is 0 Å². The zero-order chi connectivity index (χ0) is 18.8. The molecule has 0 atom stereocenters. The Bertz CT molecular complexity index is 1080. The SMILES string of the molecule is c1ccc(C2=NC(c3ccccc3)(c3ccccc3)Nc3cnccc32)cc1. The predicted octanol–water partition coefficient (Wildman–Crippen LogP) is 5.25. The molecule has 0 radical (unpaired) electrons. The van der Waals surface area contributed by atoms with Crippen LogP contribution in [0, 0.1) is 0 Å². The maximum absolute atomic E-state index is 5.34. The van der Waals surface area contributed by atoms with Gasteiger partial charge in [0, 0.05) is 28.5 Å². The quantitative estimate of drug-likeness (QED) is 0.541. The first-order valence-corrected chi connectivity index (χ1v) is 9.36. The fraction of sp³-hybridized carbons (Fsp3) is 0.0400. The Kier molecular flexibility index (Phi) is 3.99. The molecule has 3 aromatic carbocycles. The summed E-state index contributed by atoms with van der Waals surface area (Å²) < 4.78 is 0. The summed E-state index contributed by atoms with van der Waals surface area (Å²) in [5.74, 6) is 0. The Morgan fingerprint density at radius 3 is 1.82 bits per heavy atom. The van der Waals surface area contributed by atoms with Gasteiger partial charge in [-0.3, -0.25) is 4.98 Å². The molecular weight excluding hydrogens is 342 g/mol. The van der Waals surface area contributed by atoms with Gasteiger partial charge in [-0.15, -0.1) is 0 Å². The van der Waals surface area contributed by atoms with Crippen LogP contribution in [-0.2, 0) is 5.66 Å². The van der Waals surface area contributed by atoms with Gasteiger partial charge in [0.05, 0.1) is 17.6 Å². The second-order valence-electron chi connectivity index (χ2n) is 6.82. The van der Waals surface area contributed by atoms with Crippen LogP contribution < -0.4 is 5.32 Å². The Morgan fingerprint density at radius 2 is 1.21 bits per heavy atom. The molecule has 0 bridgehead atoms. The van der Waals surface area contributed by atoms with Crippen LogP contribution in [0.5, 0.6) is 0 Å². The number of aromatic nitrogens is 1. The average Bonchev–Trinajstić information content (AvgIpc) is 2.80. The summed E-state index contributed by atoms with van der Waals surface area (Å²) in [6, 6.07) is 33.1. The van der Waals surface area contributed by atoms with E-state index < -0.39 is 5.66 Å². The molecule has 28 heavy (non-hydrogen) atoms. The first-order chi connectivity index (χ1) is 13.9. The molecule has 3 nitrogen and oxygen atoms in total. The van der Waals surface area contributed by atoms with Gasteiger partial charge in [-0.1, -0.05) is 91.0 Å². The van der Waals surface area contributed by atoms with Crippen molar-refractivity contribution in [2.45, 2.75) is 5.66 Å². The van der Waals surface area contributed by atoms with Crippen LogP contribution in [0.25, 0.3) is 0 Å². The van der Waals surface area contributed by atoms with Gasteiger partial charge < -0.3 is 5.32 Å². The predicted molar refractivity (Wildman–Crippen MR) is 114 cm³/mol. The molecule has 1 N–H and O–H groups in total. The number of pyridine rings is 1. The number of anilines is 1. The van der Waals surface area contributed by atoms with Crippen LogP contribution in [0.4, 0.5) is 5.69 Å². The van der Waals surface area contributed by atoms with Crippen molar-refractivity contribution in [1.82, 2.24) is 4.98 Å². The highest BCUT2D eigenvalue weighted by molar-refractivity contribution is 6.17. The van der Waals surface area contributed by atoms with Gasteiger partial charge in [0.1, 0.15) is 0 Å². The summed E-state index contributed by atoms with van der Waals surface area (Å²) in [7, 11) is 0. The van der Waals surface area contributed by atoms with Gasteiger partial charge >= 0.3 is 0 Å². The van der Waals surface area contributed by atoms with Crippen molar-refractivity contribution in [3.8, 4) is 0 Å². The summed E-state index contributed by atoms with van der Waals surface area (Å²) in [5, 5.41) is 3.69. The lowest BCUT2D eigenvalue weighted by molar-refractivity contribution is 0.619. The van der Waals surface area contributed by atoms with Gasteiger partial charge in [0.15, 0.2) is 5.66 Å². The Balaban J connectivity index is 1.83. The summed E-state index contributed by atoms with van der Waals surface area (Å²) in [4.78, 5) is 9.70. The smallest absolute Gasteiger partial charge is 0.182 e. The minimum atomic E-state index is -0.719. The molecule has 2 heterocycles. The van der Waals surface area contributed by atoms with Crippen molar-refractivity contribution in [3.05, 3.63) is 132 Å². The number of fused-ring (bicyclic) bond motifs is 1. The van der Waals surface area contributed by atoms with E-state index in [9.17, 15) is 0 Å². The summed E-state index contributed by atoms with van der Waals surface area (Å²) in [5.41, 5.74) is 5.54. The van der Waals surface area contributed by atoms with Gasteiger partial charge in [-0.05, 0) is 6.07 Å². The van der Waals surface area contributed by atoms with Crippen molar-refractivity contribution < 1.29 is 0 Å². The zero-order valence-electron chi connectivity index (χ0n) is 15.3. The van der Waals surface area contributed by atoms with Crippen molar-refractivity contribution in [3.63, 3.8) is 0 Å². The van der Waals surface area contributed by atoms with E-state index >= 15 is 0 Å². The number of nitrogens with one attached hydrogen (secondary N) is 1. The molecule has 0 aliphatic carbocycles. The minimum Gasteiger partial charge on any atom is -0.352 e. The van der Waals surface area contributed by atoms with Crippen LogP contribution in [-0.4, -0.2) is 10.7 Å². The third kappa shape index (κ3) is 2.69.